The molecule has 0 nitrogen and oxygen atoms in total. The zero-order valence-corrected chi connectivity index (χ0v) is 38.8. The normalized spacial score (nSPS) is 17.6. The number of rotatable bonds is 10. The molecule has 0 heterocycles. The van der Waals surface area contributed by atoms with Crippen molar-refractivity contribution in [1.82, 2.24) is 0 Å². The average Bonchev–Trinajstić information content (AvgIpc) is 3.69. The van der Waals surface area contributed by atoms with Crippen LogP contribution in [0.15, 0.2) is 83.9 Å². The van der Waals surface area contributed by atoms with Gasteiger partial charge >= 0.3 is 322 Å². The molecule has 274 valence electrons. The fourth-order valence-electron chi connectivity index (χ4n) is 9.63. The molecule has 0 aromatic heterocycles. The summed E-state index contributed by atoms with van der Waals surface area (Å²) in [5, 5.41) is 0. The van der Waals surface area contributed by atoms with Crippen LogP contribution in [-0.4, -0.2) is 6.88 Å². The second-order valence-corrected chi connectivity index (χ2v) is 49.9. The molecule has 2 aliphatic carbocycles. The van der Waals surface area contributed by atoms with Crippen LogP contribution in [0.4, 0.5) is 0 Å². The summed E-state index contributed by atoms with van der Waals surface area (Å²) in [5.74, 6) is 2.97. The summed E-state index contributed by atoms with van der Waals surface area (Å²) in [5.41, 5.74) is 20.8. The molecule has 4 aromatic rings. The van der Waals surface area contributed by atoms with Crippen LogP contribution < -0.4 is 0 Å². The van der Waals surface area contributed by atoms with E-state index in [2.05, 4.69) is 184 Å². The quantitative estimate of drug-likeness (QED) is 0.141. The van der Waals surface area contributed by atoms with E-state index in [9.17, 15) is 0 Å². The fraction of sp³-hybridized carbons (Fsp3) is 0.440. The molecule has 0 amide bonds. The average molecular weight is 786 g/mol. The van der Waals surface area contributed by atoms with Crippen LogP contribution in [0.3, 0.4) is 0 Å². The van der Waals surface area contributed by atoms with Gasteiger partial charge < -0.3 is 0 Å². The molecule has 0 spiro atoms. The first-order valence-corrected chi connectivity index (χ1v) is 34.0. The molecule has 2 heteroatoms. The van der Waals surface area contributed by atoms with Crippen molar-refractivity contribution >= 4 is 19.0 Å². The molecule has 0 fully saturated rings. The van der Waals surface area contributed by atoms with E-state index in [0.717, 1.165) is 0 Å². The van der Waals surface area contributed by atoms with Gasteiger partial charge in [0.15, 0.2) is 0 Å². The molecule has 0 saturated carbocycles. The van der Waals surface area contributed by atoms with Crippen LogP contribution in [0.5, 0.6) is 0 Å². The standard InChI is InChI=1S/2C24H29.2CH3.H2Si.Zr/c2*1-15(2)19-11-20(16(3)4)13-22(12-19)23-9-7-8-18-10-21(17(5)6)14-24(18)23;;;;/h2*7-17H,1-6H3;2*1H3;1H2;. The van der Waals surface area contributed by atoms with Gasteiger partial charge in [-0.3, -0.25) is 0 Å². The van der Waals surface area contributed by atoms with Crippen molar-refractivity contribution in [2.75, 3.05) is 0 Å². The predicted octanol–water partition coefficient (Wildman–Crippen LogP) is 14.7. The third-order valence-electron chi connectivity index (χ3n) is 12.7. The number of fused-ring (bicyclic) bond motifs is 2. The van der Waals surface area contributed by atoms with Crippen molar-refractivity contribution in [2.45, 2.75) is 123 Å². The van der Waals surface area contributed by atoms with Gasteiger partial charge in [-0.2, -0.15) is 0 Å². The molecule has 4 aromatic carbocycles. The van der Waals surface area contributed by atoms with E-state index in [1.807, 2.05) is 0 Å². The first-order chi connectivity index (χ1) is 24.3. The molecular weight excluding hydrogens is 720 g/mol. The van der Waals surface area contributed by atoms with Crippen molar-refractivity contribution < 1.29 is 17.4 Å². The van der Waals surface area contributed by atoms with E-state index in [4.69, 9.17) is 0 Å². The molecule has 0 bridgehead atoms. The van der Waals surface area contributed by atoms with Crippen LogP contribution >= 0.6 is 0 Å². The summed E-state index contributed by atoms with van der Waals surface area (Å²) < 4.78 is 6.62. The number of hydrogen-bond acceptors (Lipinski definition) is 0. The summed E-state index contributed by atoms with van der Waals surface area (Å²) in [6.07, 6.45) is 5.31. The topological polar surface area (TPSA) is 0 Å². The summed E-state index contributed by atoms with van der Waals surface area (Å²) in [4.78, 5) is 0. The van der Waals surface area contributed by atoms with E-state index in [1.54, 1.807) is 22.3 Å². The van der Waals surface area contributed by atoms with Crippen LogP contribution in [-0.2, 0) is 17.4 Å². The number of benzene rings is 4. The van der Waals surface area contributed by atoms with E-state index >= 15 is 0 Å². The molecule has 2 aliphatic rings. The van der Waals surface area contributed by atoms with Gasteiger partial charge in [0.25, 0.3) is 0 Å². The van der Waals surface area contributed by atoms with Gasteiger partial charge in [-0.15, -0.1) is 0 Å². The zero-order chi connectivity index (χ0) is 38.0. The number of allylic oxidation sites excluding steroid dienone is 2. The molecule has 52 heavy (non-hydrogen) atoms. The monoisotopic (exact) mass is 784 g/mol. The second kappa shape index (κ2) is 14.3. The molecule has 0 aliphatic heterocycles. The summed E-state index contributed by atoms with van der Waals surface area (Å²) in [6, 6.07) is 29.4. The minimum absolute atomic E-state index is 0.489. The van der Waals surface area contributed by atoms with Crippen LogP contribution in [0.2, 0.25) is 9.26 Å². The van der Waals surface area contributed by atoms with Crippen molar-refractivity contribution in [3.05, 3.63) is 128 Å². The van der Waals surface area contributed by atoms with Crippen LogP contribution in [0, 0.1) is 11.8 Å². The molecule has 2 atom stereocenters. The second-order valence-electron chi connectivity index (χ2n) is 19.4. The maximum absolute atomic E-state index is 3.83. The van der Waals surface area contributed by atoms with Crippen molar-refractivity contribution in [3.8, 4) is 22.3 Å². The van der Waals surface area contributed by atoms with Gasteiger partial charge in [-0.25, -0.2) is 0 Å². The molecule has 2 unspecified atom stereocenters. The molecule has 0 N–H and O–H groups in total. The van der Waals surface area contributed by atoms with E-state index in [1.165, 1.54) is 55.6 Å². The van der Waals surface area contributed by atoms with Gasteiger partial charge in [-0.1, -0.05) is 0 Å². The SMILES string of the molecule is CC(C)C1=Cc2c(-c3cc(C(C)C)cc(C(C)C)c3)cccc2[CH]1[Zr]([CH3])([CH3])(=[SiH2])[CH]1C(C(C)C)=Cc2c(-c3cc(C(C)C)cc(C(C)C)c3)cccc21. The Morgan fingerprint density at radius 2 is 0.750 bits per heavy atom. The Balaban J connectivity index is 1.56. The summed E-state index contributed by atoms with van der Waals surface area (Å²) >= 11 is -3.83. The summed E-state index contributed by atoms with van der Waals surface area (Å²) in [6.45, 7) is 30.9. The van der Waals surface area contributed by atoms with E-state index < -0.39 is 17.4 Å². The molecule has 0 saturated heterocycles. The van der Waals surface area contributed by atoms with Crippen molar-refractivity contribution in [3.63, 3.8) is 0 Å². The van der Waals surface area contributed by atoms with Crippen LogP contribution in [0.25, 0.3) is 34.4 Å². The Labute approximate surface area is 320 Å². The fourth-order valence-corrected chi connectivity index (χ4v) is 29.5. The molecular formula is C50H66SiZr. The first-order valence-electron chi connectivity index (χ1n) is 20.4. The minimum atomic E-state index is -3.83. The Morgan fingerprint density at radius 1 is 0.442 bits per heavy atom. The van der Waals surface area contributed by atoms with Crippen molar-refractivity contribution in [1.29, 1.82) is 0 Å². The van der Waals surface area contributed by atoms with Crippen LogP contribution in [0.1, 0.15) is 159 Å². The Morgan fingerprint density at radius 3 is 1.02 bits per heavy atom. The zero-order valence-electron chi connectivity index (χ0n) is 34.9. The third-order valence-corrected chi connectivity index (χ3v) is 30.0. The van der Waals surface area contributed by atoms with Gasteiger partial charge in [0, 0.05) is 0 Å². The first kappa shape index (κ1) is 39.2. The Hall–Kier alpha value is -2.54. The van der Waals surface area contributed by atoms with E-state index in [-0.39, 0.29) is 0 Å². The Kier molecular flexibility index (Phi) is 10.7. The van der Waals surface area contributed by atoms with E-state index in [0.29, 0.717) is 42.8 Å². The van der Waals surface area contributed by atoms with Crippen molar-refractivity contribution in [2.24, 2.45) is 11.8 Å². The molecule has 6 rings (SSSR count). The summed E-state index contributed by atoms with van der Waals surface area (Å²) in [7, 11) is 0. The van der Waals surface area contributed by atoms with Gasteiger partial charge in [-0.05, 0) is 0 Å². The maximum atomic E-state index is 2.82. The third kappa shape index (κ3) is 6.94. The van der Waals surface area contributed by atoms with Gasteiger partial charge in [0.2, 0.25) is 0 Å². The van der Waals surface area contributed by atoms with Gasteiger partial charge in [0.05, 0.1) is 0 Å². The number of hydrogen-bond donors (Lipinski definition) is 0. The van der Waals surface area contributed by atoms with Gasteiger partial charge in [0.1, 0.15) is 0 Å². The predicted molar refractivity (Wildman–Crippen MR) is 231 cm³/mol. The molecule has 0 radical (unpaired) electrons. The Bertz CT molecular complexity index is 1940.